The van der Waals surface area contributed by atoms with Gasteiger partial charge < -0.3 is 0 Å². The second-order valence-corrected chi connectivity index (χ2v) is 7.59. The third-order valence-electron chi connectivity index (χ3n) is 0.447. The van der Waals surface area contributed by atoms with Gasteiger partial charge in [-0.2, -0.15) is 0 Å². The van der Waals surface area contributed by atoms with Gasteiger partial charge in [0.05, 0.1) is 0 Å². The second kappa shape index (κ2) is 15.7. The molecule has 1 radical (unpaired) electrons. The molecule has 0 heterocycles. The Kier molecular flexibility index (Phi) is 22.6. The first kappa shape index (κ1) is 11.5. The molecule has 0 aromatic rings. The molecule has 2 N–H and O–H groups in total. The SMILES string of the molecule is C[CH2][Bi][CH2]C.OOO. The van der Waals surface area contributed by atoms with Gasteiger partial charge in [-0.05, 0) is 0 Å². The molecular formula is C4H12BiO3. The van der Waals surface area contributed by atoms with Crippen LogP contribution in [0.1, 0.15) is 13.8 Å². The average molecular weight is 317 g/mol. The Labute approximate surface area is 61.1 Å². The Bertz CT molecular complexity index is 25.2. The van der Waals surface area contributed by atoms with Crippen LogP contribution >= 0.6 is 0 Å². The first-order valence-corrected chi connectivity index (χ1v) is 7.33. The molecule has 0 saturated carbocycles. The van der Waals surface area contributed by atoms with Gasteiger partial charge in [-0.3, -0.25) is 0 Å². The van der Waals surface area contributed by atoms with Gasteiger partial charge in [-0.15, -0.1) is 0 Å². The average Bonchev–Trinajstić information content (AvgIpc) is 1.71. The standard InChI is InChI=1S/2C2H5.Bi.H2O3/c2*1-2;;1-3-2/h2*1H2,2H3;;1-2H. The molecule has 0 unspecified atom stereocenters. The van der Waals surface area contributed by atoms with Gasteiger partial charge in [0.1, 0.15) is 0 Å². The Morgan fingerprint density at radius 1 is 1.25 bits per heavy atom. The van der Waals surface area contributed by atoms with E-state index >= 15 is 0 Å². The number of rotatable bonds is 2. The van der Waals surface area contributed by atoms with Crippen LogP contribution in [0.25, 0.3) is 0 Å². The van der Waals surface area contributed by atoms with Crippen LogP contribution in [0.15, 0.2) is 0 Å². The van der Waals surface area contributed by atoms with E-state index in [2.05, 4.69) is 18.9 Å². The molecule has 0 rings (SSSR count). The molecular weight excluding hydrogens is 305 g/mol. The van der Waals surface area contributed by atoms with Gasteiger partial charge in [0.25, 0.3) is 0 Å². The first-order valence-electron chi connectivity index (χ1n) is 2.41. The molecule has 0 amide bonds. The predicted molar refractivity (Wildman–Crippen MR) is 33.1 cm³/mol. The molecule has 0 atom stereocenters. The quantitative estimate of drug-likeness (QED) is 0.461. The third-order valence-corrected chi connectivity index (χ3v) is 3.92. The Hall–Kier alpha value is 0.763. The monoisotopic (exact) mass is 317 g/mol. The van der Waals surface area contributed by atoms with Gasteiger partial charge in [-0.25, -0.2) is 10.5 Å². The fourth-order valence-electron chi connectivity index (χ4n) is 0.224. The van der Waals surface area contributed by atoms with E-state index in [1.807, 2.05) is 0 Å². The maximum absolute atomic E-state index is 6.62. The summed E-state index contributed by atoms with van der Waals surface area (Å²) in [6.07, 6.45) is 0. The van der Waals surface area contributed by atoms with Crippen molar-refractivity contribution in [1.82, 2.24) is 0 Å². The molecule has 8 heavy (non-hydrogen) atoms. The van der Waals surface area contributed by atoms with Crippen molar-refractivity contribution in [2.24, 2.45) is 0 Å². The van der Waals surface area contributed by atoms with Gasteiger partial charge in [0.15, 0.2) is 0 Å². The zero-order valence-corrected chi connectivity index (χ0v) is 8.64. The van der Waals surface area contributed by atoms with Crippen molar-refractivity contribution in [3.05, 3.63) is 0 Å². The predicted octanol–water partition coefficient (Wildman–Crippen LogP) is 1.52. The molecule has 4 heteroatoms. The normalized spacial score (nSPS) is 7.50. The van der Waals surface area contributed by atoms with E-state index in [4.69, 9.17) is 10.5 Å². The molecule has 51 valence electrons. The van der Waals surface area contributed by atoms with Crippen LogP contribution < -0.4 is 0 Å². The van der Waals surface area contributed by atoms with Crippen LogP contribution in [-0.2, 0) is 5.04 Å². The van der Waals surface area contributed by atoms with Crippen LogP contribution in [0, 0.1) is 0 Å². The van der Waals surface area contributed by atoms with Crippen molar-refractivity contribution in [2.75, 3.05) is 0 Å². The number of hydrogen-bond acceptors (Lipinski definition) is 3. The molecule has 0 aromatic carbocycles. The maximum Gasteiger partial charge on any atom is -0.0737 e. The molecule has 0 aliphatic rings. The van der Waals surface area contributed by atoms with Crippen molar-refractivity contribution in [3.63, 3.8) is 0 Å². The van der Waals surface area contributed by atoms with Crippen LogP contribution in [0.5, 0.6) is 0 Å². The minimum Gasteiger partial charge on any atom is -0.221 e. The van der Waals surface area contributed by atoms with Crippen LogP contribution in [-0.4, -0.2) is 33.7 Å². The van der Waals surface area contributed by atoms with Crippen molar-refractivity contribution in [2.45, 2.75) is 22.1 Å². The van der Waals surface area contributed by atoms with Crippen LogP contribution in [0.4, 0.5) is 0 Å². The fourth-order valence-corrected chi connectivity index (χ4v) is 1.96. The van der Waals surface area contributed by atoms with Crippen molar-refractivity contribution in [1.29, 1.82) is 0 Å². The molecule has 3 nitrogen and oxygen atoms in total. The molecule has 0 saturated heterocycles. The van der Waals surface area contributed by atoms with Crippen molar-refractivity contribution in [3.8, 4) is 0 Å². The van der Waals surface area contributed by atoms with Crippen molar-refractivity contribution < 1.29 is 15.6 Å². The van der Waals surface area contributed by atoms with Gasteiger partial charge in [0, 0.05) is 0 Å². The first-order chi connectivity index (χ1) is 3.83. The maximum atomic E-state index is 6.62. The smallest absolute Gasteiger partial charge is 0.0737 e. The van der Waals surface area contributed by atoms with E-state index in [1.165, 1.54) is 8.26 Å². The Morgan fingerprint density at radius 2 is 1.50 bits per heavy atom. The van der Waals surface area contributed by atoms with E-state index in [0.717, 1.165) is 0 Å². The van der Waals surface area contributed by atoms with Crippen LogP contribution in [0.2, 0.25) is 8.26 Å². The molecule has 0 aliphatic heterocycles. The minimum atomic E-state index is 0.145. The summed E-state index contributed by atoms with van der Waals surface area (Å²) in [5.74, 6) is 0. The molecule has 0 fully saturated rings. The molecule has 0 spiro atoms. The summed E-state index contributed by atoms with van der Waals surface area (Å²) in [7, 11) is 0. The second-order valence-electron chi connectivity index (χ2n) is 0.938. The molecule has 0 aromatic heterocycles. The van der Waals surface area contributed by atoms with E-state index in [-0.39, 0.29) is 23.2 Å². The summed E-state index contributed by atoms with van der Waals surface area (Å²) in [5.41, 5.74) is 0. The van der Waals surface area contributed by atoms with Crippen molar-refractivity contribution >= 4 is 23.2 Å². The zero-order chi connectivity index (χ0) is 6.83. The Morgan fingerprint density at radius 3 is 1.50 bits per heavy atom. The summed E-state index contributed by atoms with van der Waals surface area (Å²) in [6.45, 7) is 4.58. The van der Waals surface area contributed by atoms with E-state index in [9.17, 15) is 0 Å². The summed E-state index contributed by atoms with van der Waals surface area (Å²) in [4.78, 5) is 0. The van der Waals surface area contributed by atoms with E-state index in [0.29, 0.717) is 0 Å². The molecule has 0 bridgehead atoms. The summed E-state index contributed by atoms with van der Waals surface area (Å²) in [5, 5.41) is 15.5. The minimum absolute atomic E-state index is 0.145. The topological polar surface area (TPSA) is 49.7 Å². The van der Waals surface area contributed by atoms with E-state index < -0.39 is 0 Å². The van der Waals surface area contributed by atoms with Gasteiger partial charge in [0.2, 0.25) is 0 Å². The Balaban J connectivity index is 0. The zero-order valence-electron chi connectivity index (χ0n) is 5.16. The van der Waals surface area contributed by atoms with Gasteiger partial charge in [-0.1, -0.05) is 5.04 Å². The third kappa shape index (κ3) is 29.4. The van der Waals surface area contributed by atoms with E-state index in [1.54, 1.807) is 0 Å². The largest absolute Gasteiger partial charge is 0.221 e. The summed E-state index contributed by atoms with van der Waals surface area (Å²) < 4.78 is 3.05. The summed E-state index contributed by atoms with van der Waals surface area (Å²) >= 11 is 0.145. The van der Waals surface area contributed by atoms with Gasteiger partial charge >= 0.3 is 45.3 Å². The number of hydrogen-bond donors (Lipinski definition) is 2. The van der Waals surface area contributed by atoms with Crippen LogP contribution in [0.3, 0.4) is 0 Å². The molecule has 0 aliphatic carbocycles. The fraction of sp³-hybridized carbons (Fsp3) is 1.00. The summed E-state index contributed by atoms with van der Waals surface area (Å²) in [6, 6.07) is 0.